The van der Waals surface area contributed by atoms with Crippen LogP contribution in [0.4, 0.5) is 0 Å². The maximum atomic E-state index is 5.72. The molecule has 0 radical (unpaired) electrons. The van der Waals surface area contributed by atoms with E-state index < -0.39 is 0 Å². The fourth-order valence-corrected chi connectivity index (χ4v) is 1.32. The number of hydrogen-bond acceptors (Lipinski definition) is 1. The normalized spacial score (nSPS) is 11.6. The fourth-order valence-electron chi connectivity index (χ4n) is 1.20. The van der Waals surface area contributed by atoms with Crippen LogP contribution in [0.3, 0.4) is 0 Å². The van der Waals surface area contributed by atoms with Crippen LogP contribution in [0.2, 0.25) is 0 Å². The van der Waals surface area contributed by atoms with Gasteiger partial charge in [-0.05, 0) is 25.0 Å². The maximum Gasteiger partial charge on any atom is 0.125 e. The third-order valence-electron chi connectivity index (χ3n) is 1.88. The van der Waals surface area contributed by atoms with Gasteiger partial charge in [0, 0.05) is 5.54 Å². The van der Waals surface area contributed by atoms with Gasteiger partial charge in [0.05, 0.1) is 5.03 Å². The van der Waals surface area contributed by atoms with Crippen molar-refractivity contribution in [3.8, 4) is 5.75 Å². The van der Waals surface area contributed by atoms with Crippen LogP contribution in [0.5, 0.6) is 5.75 Å². The van der Waals surface area contributed by atoms with Gasteiger partial charge in [0.15, 0.2) is 0 Å². The van der Waals surface area contributed by atoms with Crippen LogP contribution < -0.4 is 4.74 Å². The van der Waals surface area contributed by atoms with Crippen molar-refractivity contribution in [3.63, 3.8) is 0 Å². The van der Waals surface area contributed by atoms with Crippen LogP contribution in [-0.4, -0.2) is 6.61 Å². The van der Waals surface area contributed by atoms with E-state index in [-0.39, 0.29) is 0 Å². The molecule has 0 spiro atoms. The molecule has 0 saturated heterocycles. The molecule has 0 bridgehead atoms. The van der Waals surface area contributed by atoms with Crippen LogP contribution in [0.1, 0.15) is 11.1 Å². The second kappa shape index (κ2) is 5.28. The van der Waals surface area contributed by atoms with Crippen LogP contribution in [0, 0.1) is 13.8 Å². The molecule has 0 aliphatic heterocycles. The molecule has 76 valence electrons. The van der Waals surface area contributed by atoms with Crippen LogP contribution in [-0.2, 0) is 0 Å². The van der Waals surface area contributed by atoms with Crippen LogP contribution in [0.25, 0.3) is 0 Å². The van der Waals surface area contributed by atoms with Gasteiger partial charge in [0.1, 0.15) is 12.4 Å². The van der Waals surface area contributed by atoms with Gasteiger partial charge in [0.25, 0.3) is 0 Å². The Kier molecular flexibility index (Phi) is 4.30. The summed E-state index contributed by atoms with van der Waals surface area (Å²) in [5, 5.41) is 0.495. The number of rotatable bonds is 3. The molecule has 0 N–H and O–H groups in total. The summed E-state index contributed by atoms with van der Waals surface area (Å²) < 4.78 is 5.54. The molecule has 0 aromatic heterocycles. The van der Waals surface area contributed by atoms with Gasteiger partial charge in [-0.15, -0.1) is 0 Å². The molecule has 3 heteroatoms. The summed E-state index contributed by atoms with van der Waals surface area (Å²) in [6.07, 6.45) is 0. The monoisotopic (exact) mass is 230 g/mol. The lowest BCUT2D eigenvalue weighted by molar-refractivity contribution is 0.354. The summed E-state index contributed by atoms with van der Waals surface area (Å²) in [6.45, 7) is 4.32. The lowest BCUT2D eigenvalue weighted by atomic mass is 10.1. The first-order valence-electron chi connectivity index (χ1n) is 4.29. The predicted octanol–water partition coefficient (Wildman–Crippen LogP) is 4.00. The molecule has 0 amide bonds. The smallest absolute Gasteiger partial charge is 0.125 e. The number of aryl methyl sites for hydroxylation is 2. The molecular weight excluding hydrogens is 219 g/mol. The van der Waals surface area contributed by atoms with E-state index in [1.54, 1.807) is 0 Å². The van der Waals surface area contributed by atoms with Crippen molar-refractivity contribution < 1.29 is 4.74 Å². The largest absolute Gasteiger partial charge is 0.487 e. The Balaban J connectivity index is 2.76. The molecule has 1 aromatic rings. The van der Waals surface area contributed by atoms with E-state index in [4.69, 9.17) is 27.9 Å². The minimum absolute atomic E-state index is 0.316. The Morgan fingerprint density at radius 2 is 1.93 bits per heavy atom. The molecule has 1 rings (SSSR count). The van der Waals surface area contributed by atoms with Crippen LogP contribution in [0.15, 0.2) is 28.8 Å². The number of ether oxygens (including phenoxy) is 1. The third-order valence-corrected chi connectivity index (χ3v) is 2.47. The summed E-state index contributed by atoms with van der Waals surface area (Å²) in [7, 11) is 0. The Bertz CT molecular complexity index is 325. The van der Waals surface area contributed by atoms with Gasteiger partial charge in [-0.3, -0.25) is 0 Å². The topological polar surface area (TPSA) is 9.23 Å². The van der Waals surface area contributed by atoms with E-state index in [1.807, 2.05) is 32.0 Å². The van der Waals surface area contributed by atoms with Crippen molar-refractivity contribution in [2.45, 2.75) is 13.8 Å². The summed E-state index contributed by atoms with van der Waals surface area (Å²) in [4.78, 5) is 0. The number of halogens is 2. The van der Waals surface area contributed by atoms with Gasteiger partial charge in [-0.2, -0.15) is 0 Å². The summed E-state index contributed by atoms with van der Waals surface area (Å²) in [5.41, 5.74) is 3.52. The van der Waals surface area contributed by atoms with Crippen molar-refractivity contribution in [1.82, 2.24) is 0 Å². The first-order chi connectivity index (χ1) is 6.65. The highest BCUT2D eigenvalue weighted by atomic mass is 35.5. The predicted molar refractivity (Wildman–Crippen MR) is 61.2 cm³/mol. The summed E-state index contributed by atoms with van der Waals surface area (Å²) in [5.74, 6) is 0.879. The third kappa shape index (κ3) is 2.93. The average Bonchev–Trinajstić information content (AvgIpc) is 2.16. The van der Waals surface area contributed by atoms with Gasteiger partial charge in [-0.1, -0.05) is 41.4 Å². The van der Waals surface area contributed by atoms with E-state index in [0.717, 1.165) is 16.9 Å². The zero-order valence-corrected chi connectivity index (χ0v) is 9.69. The van der Waals surface area contributed by atoms with Gasteiger partial charge < -0.3 is 4.74 Å². The SMILES string of the molecule is Cc1cccc(C)c1OC/C(Cl)=C/Cl. The van der Waals surface area contributed by atoms with Crippen molar-refractivity contribution in [2.75, 3.05) is 6.61 Å². The van der Waals surface area contributed by atoms with Gasteiger partial charge in [0.2, 0.25) is 0 Å². The molecule has 0 aliphatic rings. The Hall–Kier alpha value is -0.660. The van der Waals surface area contributed by atoms with E-state index in [2.05, 4.69) is 0 Å². The number of para-hydroxylation sites is 1. The zero-order valence-electron chi connectivity index (χ0n) is 8.18. The Morgan fingerprint density at radius 1 is 1.36 bits per heavy atom. The van der Waals surface area contributed by atoms with Gasteiger partial charge in [-0.25, -0.2) is 0 Å². The standard InChI is InChI=1S/C11H12Cl2O/c1-8-4-3-5-9(2)11(8)14-7-10(13)6-12/h3-6H,7H2,1-2H3/b10-6-. The molecule has 14 heavy (non-hydrogen) atoms. The van der Waals surface area contributed by atoms with Crippen molar-refractivity contribution in [1.29, 1.82) is 0 Å². The molecule has 1 nitrogen and oxygen atoms in total. The first kappa shape index (κ1) is 11.4. The number of hydrogen-bond donors (Lipinski definition) is 0. The molecule has 0 aliphatic carbocycles. The number of benzene rings is 1. The van der Waals surface area contributed by atoms with E-state index in [0.29, 0.717) is 11.6 Å². The fraction of sp³-hybridized carbons (Fsp3) is 0.273. The van der Waals surface area contributed by atoms with E-state index in [9.17, 15) is 0 Å². The minimum Gasteiger partial charge on any atom is -0.487 e. The molecule has 0 saturated carbocycles. The molecule has 0 unspecified atom stereocenters. The Labute approximate surface area is 94.3 Å². The first-order valence-corrected chi connectivity index (χ1v) is 5.10. The Morgan fingerprint density at radius 3 is 2.43 bits per heavy atom. The van der Waals surface area contributed by atoms with Crippen molar-refractivity contribution >= 4 is 23.2 Å². The highest BCUT2D eigenvalue weighted by Gasteiger charge is 2.03. The molecule has 0 heterocycles. The molecule has 0 atom stereocenters. The lowest BCUT2D eigenvalue weighted by Crippen LogP contribution is -2.00. The molecule has 1 aromatic carbocycles. The van der Waals surface area contributed by atoms with Crippen molar-refractivity contribution in [3.05, 3.63) is 39.9 Å². The van der Waals surface area contributed by atoms with E-state index in [1.165, 1.54) is 5.54 Å². The van der Waals surface area contributed by atoms with Crippen LogP contribution >= 0.6 is 23.2 Å². The zero-order chi connectivity index (χ0) is 10.6. The minimum atomic E-state index is 0.316. The summed E-state index contributed by atoms with van der Waals surface area (Å²) in [6, 6.07) is 6.00. The second-order valence-electron chi connectivity index (χ2n) is 3.07. The van der Waals surface area contributed by atoms with Crippen molar-refractivity contribution in [2.24, 2.45) is 0 Å². The molecule has 0 fully saturated rings. The second-order valence-corrected chi connectivity index (χ2v) is 3.77. The highest BCUT2D eigenvalue weighted by molar-refractivity contribution is 6.36. The quantitative estimate of drug-likeness (QED) is 0.763. The average molecular weight is 231 g/mol. The highest BCUT2D eigenvalue weighted by Crippen LogP contribution is 2.23. The maximum absolute atomic E-state index is 5.72. The van der Waals surface area contributed by atoms with E-state index >= 15 is 0 Å². The summed E-state index contributed by atoms with van der Waals surface area (Å²) >= 11 is 11.1. The lowest BCUT2D eigenvalue weighted by Gasteiger charge is -2.10. The molecular formula is C11H12Cl2O. The van der Waals surface area contributed by atoms with Gasteiger partial charge >= 0.3 is 0 Å².